The zero-order valence-electron chi connectivity index (χ0n) is 14.9. The maximum absolute atomic E-state index is 12.7. The third kappa shape index (κ3) is 5.33. The van der Waals surface area contributed by atoms with Gasteiger partial charge in [-0.3, -0.25) is 4.57 Å². The smallest absolute Gasteiger partial charge is 0.369 e. The van der Waals surface area contributed by atoms with Gasteiger partial charge in [0.25, 0.3) is 0 Å². The van der Waals surface area contributed by atoms with Crippen molar-refractivity contribution in [1.82, 2.24) is 0 Å². The number of ether oxygens (including phenoxy) is 1. The quantitative estimate of drug-likeness (QED) is 0.456. The van der Waals surface area contributed by atoms with Gasteiger partial charge in [0.05, 0.1) is 25.9 Å². The summed E-state index contributed by atoms with van der Waals surface area (Å²) in [5.74, 6) is 0.753. The second-order valence-corrected chi connectivity index (χ2v) is 15.2. The summed E-state index contributed by atoms with van der Waals surface area (Å²) in [6, 6.07) is 0. The topological polar surface area (TPSA) is 54.0 Å². The van der Waals surface area contributed by atoms with E-state index >= 15 is 0 Å². The minimum Gasteiger partial charge on any atom is -0.414 e. The van der Waals surface area contributed by atoms with Gasteiger partial charge < -0.3 is 18.2 Å². The number of rotatable bonds is 8. The van der Waals surface area contributed by atoms with Crippen molar-refractivity contribution in [3.8, 4) is 0 Å². The van der Waals surface area contributed by atoms with Gasteiger partial charge in [0.2, 0.25) is 5.18 Å². The first-order chi connectivity index (χ1) is 10.1. The van der Waals surface area contributed by atoms with Crippen LogP contribution in [0.3, 0.4) is 0 Å². The van der Waals surface area contributed by atoms with Crippen molar-refractivity contribution in [3.63, 3.8) is 0 Å². The Kier molecular flexibility index (Phi) is 7.66. The van der Waals surface area contributed by atoms with Crippen LogP contribution in [0, 0.1) is 0 Å². The fraction of sp³-hybridized carbons (Fsp3) is 1.00. The van der Waals surface area contributed by atoms with Crippen molar-refractivity contribution in [2.24, 2.45) is 0 Å². The van der Waals surface area contributed by atoms with E-state index in [1.807, 2.05) is 13.8 Å². The van der Waals surface area contributed by atoms with Crippen molar-refractivity contribution in [1.29, 1.82) is 0 Å². The minimum absolute atomic E-state index is 0.0571. The Bertz CT molecular complexity index is 389. The lowest BCUT2D eigenvalue weighted by atomic mass is 10.2. The van der Waals surface area contributed by atoms with Crippen LogP contribution in [-0.4, -0.2) is 45.2 Å². The zero-order valence-corrected chi connectivity index (χ0v) is 17.6. The molecule has 0 aromatic rings. The zero-order chi connectivity index (χ0) is 17.0. The van der Waals surface area contributed by atoms with Gasteiger partial charge in [-0.1, -0.05) is 20.8 Å². The SMILES string of the molecule is CCOP(=O)(OCC)[C@@H]1O[C@@H](CO[Si](C)(C)C(C)(C)C)CS1. The summed E-state index contributed by atoms with van der Waals surface area (Å²) >= 11 is 1.50. The third-order valence-electron chi connectivity index (χ3n) is 4.05. The highest BCUT2D eigenvalue weighted by atomic mass is 32.2. The molecule has 2 atom stereocenters. The van der Waals surface area contributed by atoms with Crippen LogP contribution in [0.2, 0.25) is 18.1 Å². The molecule has 1 saturated heterocycles. The van der Waals surface area contributed by atoms with E-state index in [1.165, 1.54) is 11.8 Å². The van der Waals surface area contributed by atoms with Crippen LogP contribution in [0.15, 0.2) is 0 Å². The molecule has 0 bridgehead atoms. The largest absolute Gasteiger partial charge is 0.414 e. The minimum atomic E-state index is -3.20. The molecule has 1 rings (SSSR count). The molecule has 22 heavy (non-hydrogen) atoms. The first kappa shape index (κ1) is 20.7. The van der Waals surface area contributed by atoms with Crippen LogP contribution >= 0.6 is 19.4 Å². The molecule has 8 heteroatoms. The van der Waals surface area contributed by atoms with Gasteiger partial charge in [0.15, 0.2) is 8.32 Å². The van der Waals surface area contributed by atoms with Crippen molar-refractivity contribution in [3.05, 3.63) is 0 Å². The van der Waals surface area contributed by atoms with Gasteiger partial charge >= 0.3 is 7.60 Å². The summed E-state index contributed by atoms with van der Waals surface area (Å²) in [6.45, 7) is 15.9. The molecular weight excluding hydrogens is 339 g/mol. The summed E-state index contributed by atoms with van der Waals surface area (Å²) in [5, 5.41) is -0.371. The Morgan fingerprint density at radius 3 is 2.23 bits per heavy atom. The molecule has 0 aliphatic carbocycles. The van der Waals surface area contributed by atoms with Crippen LogP contribution in [0.1, 0.15) is 34.6 Å². The maximum atomic E-state index is 12.7. The highest BCUT2D eigenvalue weighted by molar-refractivity contribution is 8.05. The van der Waals surface area contributed by atoms with Crippen LogP contribution in [-0.2, 0) is 22.8 Å². The van der Waals surface area contributed by atoms with Gasteiger partial charge in [-0.2, -0.15) is 0 Å². The number of hydrogen-bond acceptors (Lipinski definition) is 6. The van der Waals surface area contributed by atoms with Crippen molar-refractivity contribution < 1.29 is 22.8 Å². The Hall–Kier alpha value is 0.637. The second-order valence-electron chi connectivity index (χ2n) is 6.85. The molecule has 0 saturated carbocycles. The molecule has 0 aromatic carbocycles. The van der Waals surface area contributed by atoms with E-state index < -0.39 is 21.1 Å². The molecule has 0 N–H and O–H groups in total. The molecule has 0 spiro atoms. The van der Waals surface area contributed by atoms with Gasteiger partial charge in [-0.05, 0) is 32.0 Å². The van der Waals surface area contributed by atoms with Gasteiger partial charge in [-0.25, -0.2) is 0 Å². The number of thioether (sulfide) groups is 1. The lowest BCUT2D eigenvalue weighted by Crippen LogP contribution is -2.43. The molecule has 0 radical (unpaired) electrons. The van der Waals surface area contributed by atoms with Gasteiger partial charge in [0.1, 0.15) is 0 Å². The van der Waals surface area contributed by atoms with Crippen molar-refractivity contribution >= 4 is 27.7 Å². The van der Waals surface area contributed by atoms with E-state index in [0.29, 0.717) is 19.8 Å². The van der Waals surface area contributed by atoms with Crippen LogP contribution in [0.4, 0.5) is 0 Å². The van der Waals surface area contributed by atoms with Crippen LogP contribution in [0.5, 0.6) is 0 Å². The molecule has 0 amide bonds. The Morgan fingerprint density at radius 1 is 1.23 bits per heavy atom. The lowest BCUT2D eigenvalue weighted by Gasteiger charge is -2.36. The van der Waals surface area contributed by atoms with Gasteiger partial charge in [0, 0.05) is 5.75 Å². The molecule has 1 heterocycles. The molecular formula is C14H31O5PSSi. The second kappa shape index (κ2) is 8.14. The third-order valence-corrected chi connectivity index (χ3v) is 12.6. The summed E-state index contributed by atoms with van der Waals surface area (Å²) in [6.07, 6.45) is -0.0571. The average Bonchev–Trinajstić information content (AvgIpc) is 2.85. The highest BCUT2D eigenvalue weighted by Gasteiger charge is 2.44. The van der Waals surface area contributed by atoms with E-state index in [9.17, 15) is 4.57 Å². The monoisotopic (exact) mass is 370 g/mol. The van der Waals surface area contributed by atoms with E-state index in [0.717, 1.165) is 5.75 Å². The van der Waals surface area contributed by atoms with E-state index in [2.05, 4.69) is 33.9 Å². The predicted molar refractivity (Wildman–Crippen MR) is 95.1 cm³/mol. The van der Waals surface area contributed by atoms with Crippen molar-refractivity contribution in [2.75, 3.05) is 25.6 Å². The van der Waals surface area contributed by atoms with Crippen LogP contribution in [0.25, 0.3) is 0 Å². The number of hydrogen-bond donors (Lipinski definition) is 0. The summed E-state index contributed by atoms with van der Waals surface area (Å²) in [4.78, 5) is 0. The van der Waals surface area contributed by atoms with Gasteiger partial charge in [-0.15, -0.1) is 11.8 Å². The van der Waals surface area contributed by atoms with E-state index in [-0.39, 0.29) is 11.1 Å². The first-order valence-electron chi connectivity index (χ1n) is 7.85. The lowest BCUT2D eigenvalue weighted by molar-refractivity contribution is 0.0424. The Labute approximate surface area is 140 Å². The fourth-order valence-corrected chi connectivity index (χ4v) is 6.26. The maximum Gasteiger partial charge on any atom is 0.369 e. The molecule has 1 aliphatic rings. The highest BCUT2D eigenvalue weighted by Crippen LogP contribution is 2.59. The normalized spacial score (nSPS) is 24.0. The standard InChI is InChI=1S/C14H31O5PSSi/c1-8-16-20(15,17-9-2)13-19-12(11-21-13)10-18-22(6,7)14(3,4)5/h12-13H,8-11H2,1-7H3/t12-,13-/m0/s1. The molecule has 0 aromatic heterocycles. The first-order valence-corrected chi connectivity index (χ1v) is 13.4. The molecule has 1 aliphatic heterocycles. The predicted octanol–water partition coefficient (Wildman–Crippen LogP) is 4.69. The van der Waals surface area contributed by atoms with Crippen molar-refractivity contribution in [2.45, 2.75) is 64.0 Å². The fourth-order valence-electron chi connectivity index (χ4n) is 1.72. The average molecular weight is 371 g/mol. The molecule has 132 valence electrons. The van der Waals surface area contributed by atoms with E-state index in [1.54, 1.807) is 0 Å². The molecule has 0 unspecified atom stereocenters. The summed E-state index contributed by atoms with van der Waals surface area (Å²) in [7, 11) is -5.00. The molecule has 1 fully saturated rings. The van der Waals surface area contributed by atoms with E-state index in [4.69, 9.17) is 18.2 Å². The summed E-state index contributed by atoms with van der Waals surface area (Å²) in [5.41, 5.74) is 0. The Balaban J connectivity index is 2.57. The Morgan fingerprint density at radius 2 is 1.77 bits per heavy atom. The summed E-state index contributed by atoms with van der Waals surface area (Å²) < 4.78 is 35.5. The molecule has 5 nitrogen and oxygen atoms in total. The van der Waals surface area contributed by atoms with Crippen LogP contribution < -0.4 is 0 Å².